The summed E-state index contributed by atoms with van der Waals surface area (Å²) < 4.78 is 13.2. The average Bonchev–Trinajstić information content (AvgIpc) is 2.23. The third kappa shape index (κ3) is 1.65. The van der Waals surface area contributed by atoms with Gasteiger partial charge >= 0.3 is 0 Å². The molecule has 2 rings (SSSR count). The lowest BCUT2D eigenvalue weighted by Crippen LogP contribution is -2.43. The van der Waals surface area contributed by atoms with Crippen molar-refractivity contribution < 1.29 is 4.39 Å². The van der Waals surface area contributed by atoms with Gasteiger partial charge in [0, 0.05) is 26.2 Å². The van der Waals surface area contributed by atoms with E-state index in [4.69, 9.17) is 5.73 Å². The summed E-state index contributed by atoms with van der Waals surface area (Å²) in [7, 11) is 0. The van der Waals surface area contributed by atoms with Crippen LogP contribution in [0.1, 0.15) is 0 Å². The van der Waals surface area contributed by atoms with Gasteiger partial charge in [-0.05, 0) is 12.1 Å². The summed E-state index contributed by atoms with van der Waals surface area (Å²) in [5.74, 6) is -0.332. The van der Waals surface area contributed by atoms with Crippen LogP contribution >= 0.6 is 0 Å². The summed E-state index contributed by atoms with van der Waals surface area (Å²) in [6.07, 6.45) is 0. The minimum atomic E-state index is -0.332. The number of hydrogen-bond donors (Lipinski definition) is 2. The lowest BCUT2D eigenvalue weighted by Gasteiger charge is -2.30. The number of nitrogens with two attached hydrogens (primary N) is 1. The van der Waals surface area contributed by atoms with E-state index in [-0.39, 0.29) is 11.5 Å². The summed E-state index contributed by atoms with van der Waals surface area (Å²) in [6, 6.07) is 4.95. The number of nitrogens with one attached hydrogen (secondary N) is 1. The Balaban J connectivity index is 2.26. The maximum absolute atomic E-state index is 13.2. The second-order valence-electron chi connectivity index (χ2n) is 3.41. The predicted molar refractivity (Wildman–Crippen MR) is 55.9 cm³/mol. The molecule has 0 unspecified atom stereocenters. The minimum absolute atomic E-state index is 0.259. The number of rotatable bonds is 1. The Morgan fingerprint density at radius 3 is 2.71 bits per heavy atom. The maximum Gasteiger partial charge on any atom is 0.148 e. The van der Waals surface area contributed by atoms with Crippen molar-refractivity contribution in [3.05, 3.63) is 24.0 Å². The highest BCUT2D eigenvalue weighted by atomic mass is 19.1. The molecule has 4 heteroatoms. The lowest BCUT2D eigenvalue weighted by atomic mass is 10.2. The van der Waals surface area contributed by atoms with Crippen LogP contribution in [0.25, 0.3) is 0 Å². The molecule has 1 aromatic carbocycles. The maximum atomic E-state index is 13.2. The number of para-hydroxylation sites is 1. The number of nitrogen functional groups attached to an aromatic ring is 1. The molecule has 0 aromatic heterocycles. The topological polar surface area (TPSA) is 41.3 Å². The second-order valence-corrected chi connectivity index (χ2v) is 3.41. The largest absolute Gasteiger partial charge is 0.395 e. The highest BCUT2D eigenvalue weighted by molar-refractivity contribution is 5.68. The first kappa shape index (κ1) is 9.27. The van der Waals surface area contributed by atoms with Crippen LogP contribution in [0.2, 0.25) is 0 Å². The van der Waals surface area contributed by atoms with E-state index in [1.807, 2.05) is 6.07 Å². The fraction of sp³-hybridized carbons (Fsp3) is 0.400. The van der Waals surface area contributed by atoms with Gasteiger partial charge in [-0.15, -0.1) is 0 Å². The molecule has 0 saturated carbocycles. The number of benzene rings is 1. The van der Waals surface area contributed by atoms with Crippen molar-refractivity contribution >= 4 is 11.4 Å². The van der Waals surface area contributed by atoms with Crippen molar-refractivity contribution in [1.82, 2.24) is 5.32 Å². The molecule has 3 N–H and O–H groups in total. The van der Waals surface area contributed by atoms with Crippen molar-refractivity contribution in [3.8, 4) is 0 Å². The molecule has 0 aliphatic carbocycles. The van der Waals surface area contributed by atoms with E-state index in [0.29, 0.717) is 0 Å². The van der Waals surface area contributed by atoms with Crippen molar-refractivity contribution in [2.75, 3.05) is 36.8 Å². The van der Waals surface area contributed by atoms with Gasteiger partial charge in [0.05, 0.1) is 11.4 Å². The number of halogens is 1. The Bertz CT molecular complexity index is 321. The zero-order valence-electron chi connectivity index (χ0n) is 7.96. The molecule has 1 saturated heterocycles. The highest BCUT2D eigenvalue weighted by Crippen LogP contribution is 2.25. The van der Waals surface area contributed by atoms with Crippen LogP contribution in [0.15, 0.2) is 18.2 Å². The predicted octanol–water partition coefficient (Wildman–Crippen LogP) is 0.817. The lowest BCUT2D eigenvalue weighted by molar-refractivity contribution is 0.586. The summed E-state index contributed by atoms with van der Waals surface area (Å²) in [4.78, 5) is 2.11. The van der Waals surface area contributed by atoms with Gasteiger partial charge < -0.3 is 16.0 Å². The molecule has 1 aliphatic rings. The van der Waals surface area contributed by atoms with Crippen molar-refractivity contribution in [1.29, 1.82) is 0 Å². The molecule has 0 spiro atoms. The monoisotopic (exact) mass is 195 g/mol. The Kier molecular flexibility index (Phi) is 2.54. The first-order valence-electron chi connectivity index (χ1n) is 4.78. The van der Waals surface area contributed by atoms with Gasteiger partial charge in [0.25, 0.3) is 0 Å². The highest BCUT2D eigenvalue weighted by Gasteiger charge is 2.14. The van der Waals surface area contributed by atoms with Crippen LogP contribution in [0, 0.1) is 5.82 Å². The number of hydrogen-bond acceptors (Lipinski definition) is 3. The summed E-state index contributed by atoms with van der Waals surface area (Å²) >= 11 is 0. The SMILES string of the molecule is Nc1c(F)cccc1N1CCNCC1. The zero-order valence-corrected chi connectivity index (χ0v) is 7.96. The van der Waals surface area contributed by atoms with Gasteiger partial charge in [-0.1, -0.05) is 6.07 Å². The summed E-state index contributed by atoms with van der Waals surface area (Å²) in [5.41, 5.74) is 6.75. The molecule has 0 atom stereocenters. The molecule has 1 fully saturated rings. The second kappa shape index (κ2) is 3.84. The number of nitrogens with zero attached hydrogens (tertiary/aromatic N) is 1. The van der Waals surface area contributed by atoms with Crippen LogP contribution in [0.5, 0.6) is 0 Å². The molecule has 76 valence electrons. The zero-order chi connectivity index (χ0) is 9.97. The average molecular weight is 195 g/mol. The molecule has 1 heterocycles. The smallest absolute Gasteiger partial charge is 0.148 e. The van der Waals surface area contributed by atoms with Crippen LogP contribution in [-0.2, 0) is 0 Å². The van der Waals surface area contributed by atoms with E-state index in [2.05, 4.69) is 10.2 Å². The fourth-order valence-electron chi connectivity index (χ4n) is 1.71. The molecular weight excluding hydrogens is 181 g/mol. The van der Waals surface area contributed by atoms with Crippen molar-refractivity contribution in [3.63, 3.8) is 0 Å². The molecule has 3 nitrogen and oxygen atoms in total. The van der Waals surface area contributed by atoms with E-state index < -0.39 is 0 Å². The number of piperazine rings is 1. The van der Waals surface area contributed by atoms with Crippen LogP contribution in [-0.4, -0.2) is 26.2 Å². The molecule has 0 bridgehead atoms. The standard InChI is InChI=1S/C10H14FN3/c11-8-2-1-3-9(10(8)12)14-6-4-13-5-7-14/h1-3,13H,4-7,12H2. The van der Waals surface area contributed by atoms with Crippen molar-refractivity contribution in [2.45, 2.75) is 0 Å². The Hall–Kier alpha value is -1.29. The fourth-order valence-corrected chi connectivity index (χ4v) is 1.71. The molecular formula is C10H14FN3. The van der Waals surface area contributed by atoms with E-state index in [1.54, 1.807) is 6.07 Å². The first-order chi connectivity index (χ1) is 6.79. The van der Waals surface area contributed by atoms with Gasteiger partial charge in [-0.25, -0.2) is 4.39 Å². The Morgan fingerprint density at radius 2 is 2.00 bits per heavy atom. The third-order valence-electron chi connectivity index (χ3n) is 2.49. The Morgan fingerprint density at radius 1 is 1.29 bits per heavy atom. The summed E-state index contributed by atoms with van der Waals surface area (Å²) in [6.45, 7) is 3.62. The summed E-state index contributed by atoms with van der Waals surface area (Å²) in [5, 5.41) is 3.24. The van der Waals surface area contributed by atoms with Gasteiger partial charge in [-0.3, -0.25) is 0 Å². The van der Waals surface area contributed by atoms with Crippen LogP contribution < -0.4 is 16.0 Å². The third-order valence-corrected chi connectivity index (χ3v) is 2.49. The minimum Gasteiger partial charge on any atom is -0.395 e. The Labute approximate surface area is 82.7 Å². The number of anilines is 2. The molecule has 1 aromatic rings. The van der Waals surface area contributed by atoms with Gasteiger partial charge in [-0.2, -0.15) is 0 Å². The van der Waals surface area contributed by atoms with Gasteiger partial charge in [0.1, 0.15) is 5.82 Å². The van der Waals surface area contributed by atoms with E-state index in [0.717, 1.165) is 31.9 Å². The van der Waals surface area contributed by atoms with Crippen molar-refractivity contribution in [2.24, 2.45) is 0 Å². The van der Waals surface area contributed by atoms with Crippen LogP contribution in [0.3, 0.4) is 0 Å². The van der Waals surface area contributed by atoms with E-state index >= 15 is 0 Å². The quantitative estimate of drug-likeness (QED) is 0.652. The van der Waals surface area contributed by atoms with Crippen LogP contribution in [0.4, 0.5) is 15.8 Å². The molecule has 14 heavy (non-hydrogen) atoms. The molecule has 0 amide bonds. The molecule has 1 aliphatic heterocycles. The molecule has 0 radical (unpaired) electrons. The van der Waals surface area contributed by atoms with E-state index in [1.165, 1.54) is 6.07 Å². The normalized spacial score (nSPS) is 17.1. The van der Waals surface area contributed by atoms with E-state index in [9.17, 15) is 4.39 Å². The van der Waals surface area contributed by atoms with Gasteiger partial charge in [0.15, 0.2) is 0 Å². The first-order valence-corrected chi connectivity index (χ1v) is 4.78. The van der Waals surface area contributed by atoms with Gasteiger partial charge in [0.2, 0.25) is 0 Å².